The zero-order valence-corrected chi connectivity index (χ0v) is 14.2. The Morgan fingerprint density at radius 2 is 1.96 bits per heavy atom. The first-order valence-electron chi connectivity index (χ1n) is 8.46. The van der Waals surface area contributed by atoms with Gasteiger partial charge in [0.1, 0.15) is 5.75 Å². The fraction of sp³-hybridized carbons (Fsp3) is 0.556. The van der Waals surface area contributed by atoms with Crippen LogP contribution < -0.4 is 10.1 Å². The molecule has 0 bridgehead atoms. The SMILES string of the molecule is COc1ccc(C(O)CNC(=O)CN2CCCCCCC2=O)cc1. The number of hydrogen-bond donors (Lipinski definition) is 2. The molecule has 1 aromatic carbocycles. The average molecular weight is 334 g/mol. The molecule has 1 aliphatic rings. The first-order valence-corrected chi connectivity index (χ1v) is 8.46. The maximum Gasteiger partial charge on any atom is 0.239 e. The molecular formula is C18H26N2O4. The van der Waals surface area contributed by atoms with Crippen molar-refractivity contribution in [2.75, 3.05) is 26.7 Å². The molecule has 1 unspecified atom stereocenters. The van der Waals surface area contributed by atoms with Crippen molar-refractivity contribution in [3.05, 3.63) is 29.8 Å². The number of ether oxygens (including phenoxy) is 1. The third kappa shape index (κ3) is 5.53. The second-order valence-electron chi connectivity index (χ2n) is 6.07. The van der Waals surface area contributed by atoms with Gasteiger partial charge in [0.05, 0.1) is 19.8 Å². The summed E-state index contributed by atoms with van der Waals surface area (Å²) in [6, 6.07) is 7.05. The molecule has 2 N–H and O–H groups in total. The fourth-order valence-electron chi connectivity index (χ4n) is 2.77. The van der Waals surface area contributed by atoms with Crippen molar-refractivity contribution >= 4 is 11.8 Å². The van der Waals surface area contributed by atoms with Crippen LogP contribution in [0.5, 0.6) is 5.75 Å². The van der Waals surface area contributed by atoms with E-state index in [4.69, 9.17) is 4.74 Å². The van der Waals surface area contributed by atoms with Crippen LogP contribution in [0.1, 0.15) is 43.8 Å². The van der Waals surface area contributed by atoms with E-state index in [0.717, 1.165) is 25.7 Å². The number of amides is 2. The summed E-state index contributed by atoms with van der Waals surface area (Å²) in [7, 11) is 1.58. The van der Waals surface area contributed by atoms with Gasteiger partial charge in [0.25, 0.3) is 0 Å². The molecule has 6 heteroatoms. The number of likely N-dealkylation sites (tertiary alicyclic amines) is 1. The molecule has 1 heterocycles. The van der Waals surface area contributed by atoms with E-state index in [1.165, 1.54) is 0 Å². The van der Waals surface area contributed by atoms with E-state index in [1.54, 1.807) is 36.3 Å². The Morgan fingerprint density at radius 3 is 2.67 bits per heavy atom. The number of hydrogen-bond acceptors (Lipinski definition) is 4. The van der Waals surface area contributed by atoms with E-state index in [9.17, 15) is 14.7 Å². The molecule has 1 aromatic rings. The molecule has 0 radical (unpaired) electrons. The quantitative estimate of drug-likeness (QED) is 0.829. The fourth-order valence-corrected chi connectivity index (χ4v) is 2.77. The molecule has 1 aliphatic heterocycles. The van der Waals surface area contributed by atoms with Crippen molar-refractivity contribution in [1.29, 1.82) is 0 Å². The Balaban J connectivity index is 1.79. The van der Waals surface area contributed by atoms with Crippen molar-refractivity contribution in [2.45, 2.75) is 38.2 Å². The van der Waals surface area contributed by atoms with Crippen LogP contribution in [0, 0.1) is 0 Å². The van der Waals surface area contributed by atoms with Gasteiger partial charge in [0.2, 0.25) is 11.8 Å². The van der Waals surface area contributed by atoms with Gasteiger partial charge in [-0.1, -0.05) is 25.0 Å². The molecule has 0 aliphatic carbocycles. The lowest BCUT2D eigenvalue weighted by Crippen LogP contribution is -2.42. The van der Waals surface area contributed by atoms with Gasteiger partial charge in [-0.05, 0) is 30.5 Å². The first-order chi connectivity index (χ1) is 11.6. The van der Waals surface area contributed by atoms with Gasteiger partial charge < -0.3 is 20.1 Å². The lowest BCUT2D eigenvalue weighted by Gasteiger charge is -2.24. The summed E-state index contributed by atoms with van der Waals surface area (Å²) >= 11 is 0. The Kier molecular flexibility index (Phi) is 7.06. The summed E-state index contributed by atoms with van der Waals surface area (Å²) in [4.78, 5) is 25.7. The molecule has 1 saturated heterocycles. The summed E-state index contributed by atoms with van der Waals surface area (Å²) in [5.74, 6) is 0.516. The predicted octanol–water partition coefficient (Wildman–Crippen LogP) is 1.64. The molecule has 0 aromatic heterocycles. The molecule has 1 fully saturated rings. The number of carbonyl (C=O) groups is 2. The van der Waals surface area contributed by atoms with Crippen LogP contribution in [0.3, 0.4) is 0 Å². The first kappa shape index (κ1) is 18.3. The number of nitrogens with zero attached hydrogens (tertiary/aromatic N) is 1. The highest BCUT2D eigenvalue weighted by Gasteiger charge is 2.19. The van der Waals surface area contributed by atoms with Crippen LogP contribution in [-0.2, 0) is 9.59 Å². The van der Waals surface area contributed by atoms with Gasteiger partial charge >= 0.3 is 0 Å². The minimum absolute atomic E-state index is 0.0422. The molecule has 0 spiro atoms. The van der Waals surface area contributed by atoms with Crippen molar-refractivity contribution < 1.29 is 19.4 Å². The zero-order valence-electron chi connectivity index (χ0n) is 14.2. The standard InChI is InChI=1S/C18H26N2O4/c1-24-15-9-7-14(8-10-15)16(21)12-19-17(22)13-20-11-5-3-2-4-6-18(20)23/h7-10,16,21H,2-6,11-13H2,1H3,(H,19,22). The summed E-state index contributed by atoms with van der Waals surface area (Å²) in [6.07, 6.45) is 3.74. The van der Waals surface area contributed by atoms with Gasteiger partial charge in [0.15, 0.2) is 0 Å². The van der Waals surface area contributed by atoms with Crippen LogP contribution in [0.25, 0.3) is 0 Å². The molecule has 24 heavy (non-hydrogen) atoms. The number of rotatable bonds is 6. The highest BCUT2D eigenvalue weighted by Crippen LogP contribution is 2.17. The zero-order chi connectivity index (χ0) is 17.4. The third-order valence-electron chi connectivity index (χ3n) is 4.25. The molecule has 132 valence electrons. The Bertz CT molecular complexity index is 544. The van der Waals surface area contributed by atoms with Gasteiger partial charge in [-0.2, -0.15) is 0 Å². The van der Waals surface area contributed by atoms with Gasteiger partial charge in [-0.3, -0.25) is 9.59 Å². The average Bonchev–Trinajstić information content (AvgIpc) is 2.59. The number of aliphatic hydroxyl groups is 1. The van der Waals surface area contributed by atoms with Gasteiger partial charge in [-0.25, -0.2) is 0 Å². The molecule has 2 rings (SSSR count). The lowest BCUT2D eigenvalue weighted by atomic mass is 10.1. The molecule has 6 nitrogen and oxygen atoms in total. The van der Waals surface area contributed by atoms with Crippen molar-refractivity contribution in [2.24, 2.45) is 0 Å². The van der Waals surface area contributed by atoms with Gasteiger partial charge in [-0.15, -0.1) is 0 Å². The maximum absolute atomic E-state index is 12.1. The minimum atomic E-state index is -0.789. The monoisotopic (exact) mass is 334 g/mol. The highest BCUT2D eigenvalue weighted by molar-refractivity contribution is 5.84. The van der Waals surface area contributed by atoms with E-state index in [-0.39, 0.29) is 24.9 Å². The molecule has 0 saturated carbocycles. The smallest absolute Gasteiger partial charge is 0.239 e. The number of nitrogens with one attached hydrogen (secondary N) is 1. The third-order valence-corrected chi connectivity index (χ3v) is 4.25. The Morgan fingerprint density at radius 1 is 1.25 bits per heavy atom. The molecular weight excluding hydrogens is 308 g/mol. The minimum Gasteiger partial charge on any atom is -0.497 e. The van der Waals surface area contributed by atoms with Crippen LogP contribution in [0.15, 0.2) is 24.3 Å². The van der Waals surface area contributed by atoms with E-state index in [2.05, 4.69) is 5.32 Å². The van der Waals surface area contributed by atoms with E-state index in [0.29, 0.717) is 24.3 Å². The Hall–Kier alpha value is -2.08. The number of aliphatic hydroxyl groups excluding tert-OH is 1. The number of carbonyl (C=O) groups excluding carboxylic acids is 2. The van der Waals surface area contributed by atoms with Crippen LogP contribution in [0.4, 0.5) is 0 Å². The summed E-state index contributed by atoms with van der Waals surface area (Å²) in [5.41, 5.74) is 0.707. The highest BCUT2D eigenvalue weighted by atomic mass is 16.5. The van der Waals surface area contributed by atoms with Crippen molar-refractivity contribution in [1.82, 2.24) is 10.2 Å². The van der Waals surface area contributed by atoms with Gasteiger partial charge in [0, 0.05) is 19.5 Å². The van der Waals surface area contributed by atoms with E-state index >= 15 is 0 Å². The molecule has 1 atom stereocenters. The van der Waals surface area contributed by atoms with Crippen LogP contribution in [0.2, 0.25) is 0 Å². The van der Waals surface area contributed by atoms with Crippen LogP contribution in [-0.4, -0.2) is 48.6 Å². The summed E-state index contributed by atoms with van der Waals surface area (Å²) in [5, 5.41) is 12.8. The molecule has 2 amide bonds. The van der Waals surface area contributed by atoms with E-state index < -0.39 is 6.10 Å². The lowest BCUT2D eigenvalue weighted by molar-refractivity contribution is -0.136. The maximum atomic E-state index is 12.1. The topological polar surface area (TPSA) is 78.9 Å². The second kappa shape index (κ2) is 9.27. The van der Waals surface area contributed by atoms with Crippen LogP contribution >= 0.6 is 0 Å². The second-order valence-corrected chi connectivity index (χ2v) is 6.07. The summed E-state index contributed by atoms with van der Waals surface area (Å²) in [6.45, 7) is 0.814. The van der Waals surface area contributed by atoms with Crippen molar-refractivity contribution in [3.8, 4) is 5.75 Å². The number of methoxy groups -OCH3 is 1. The largest absolute Gasteiger partial charge is 0.497 e. The van der Waals surface area contributed by atoms with Crippen molar-refractivity contribution in [3.63, 3.8) is 0 Å². The number of benzene rings is 1. The Labute approximate surface area is 142 Å². The summed E-state index contributed by atoms with van der Waals surface area (Å²) < 4.78 is 5.07. The predicted molar refractivity (Wildman–Crippen MR) is 90.6 cm³/mol. The van der Waals surface area contributed by atoms with E-state index in [1.807, 2.05) is 0 Å². The normalized spacial score (nSPS) is 16.9.